The van der Waals surface area contributed by atoms with Gasteiger partial charge in [0.15, 0.2) is 16.6 Å². The molecule has 1 aromatic heterocycles. The predicted molar refractivity (Wildman–Crippen MR) is 80.7 cm³/mol. The zero-order valence-corrected chi connectivity index (χ0v) is 12.7. The van der Waals surface area contributed by atoms with Crippen LogP contribution < -0.4 is 15.4 Å². The van der Waals surface area contributed by atoms with Crippen LogP contribution in [0.25, 0.3) is 0 Å². The van der Waals surface area contributed by atoms with Gasteiger partial charge in [-0.3, -0.25) is 4.90 Å². The molecule has 6 nitrogen and oxygen atoms in total. The fourth-order valence-electron chi connectivity index (χ4n) is 2.93. The van der Waals surface area contributed by atoms with Gasteiger partial charge in [-0.1, -0.05) is 0 Å². The minimum absolute atomic E-state index is 0.515. The third-order valence-corrected chi connectivity index (χ3v) is 4.86. The first-order valence-corrected chi connectivity index (χ1v) is 8.01. The maximum absolute atomic E-state index is 5.89. The smallest absolute Gasteiger partial charge is 0.197 e. The van der Waals surface area contributed by atoms with Crippen molar-refractivity contribution in [3.63, 3.8) is 0 Å². The molecule has 3 heterocycles. The summed E-state index contributed by atoms with van der Waals surface area (Å²) in [6.45, 7) is 8.47. The summed E-state index contributed by atoms with van der Waals surface area (Å²) < 4.78 is 15.3. The van der Waals surface area contributed by atoms with E-state index in [1.807, 2.05) is 6.92 Å². The molecule has 0 saturated carbocycles. The van der Waals surface area contributed by atoms with Gasteiger partial charge in [-0.05, 0) is 24.9 Å². The molecule has 7 heteroatoms. The lowest BCUT2D eigenvalue weighted by molar-refractivity contribution is 0.0209. The van der Waals surface area contributed by atoms with E-state index in [4.69, 9.17) is 15.2 Å². The summed E-state index contributed by atoms with van der Waals surface area (Å²) >= 11 is 1.44. The SMILES string of the molecule is CCOc1c(N)nsc1N1CCC(N2CCOCC2)C1. The third kappa shape index (κ3) is 2.70. The van der Waals surface area contributed by atoms with E-state index in [1.54, 1.807) is 0 Å². The lowest BCUT2D eigenvalue weighted by Crippen LogP contribution is -2.44. The van der Waals surface area contributed by atoms with Gasteiger partial charge in [-0.25, -0.2) is 0 Å². The van der Waals surface area contributed by atoms with E-state index in [-0.39, 0.29) is 0 Å². The predicted octanol–water partition coefficient (Wildman–Crippen LogP) is 1.03. The van der Waals surface area contributed by atoms with E-state index < -0.39 is 0 Å². The number of hydrogen-bond acceptors (Lipinski definition) is 7. The Kier molecular flexibility index (Phi) is 4.28. The second kappa shape index (κ2) is 6.15. The van der Waals surface area contributed by atoms with Crippen LogP contribution in [0.1, 0.15) is 13.3 Å². The largest absolute Gasteiger partial charge is 0.487 e. The van der Waals surface area contributed by atoms with Crippen LogP contribution in [0.2, 0.25) is 0 Å². The molecular weight excluding hydrogens is 276 g/mol. The minimum Gasteiger partial charge on any atom is -0.487 e. The van der Waals surface area contributed by atoms with E-state index in [1.165, 1.54) is 18.0 Å². The number of hydrogen-bond donors (Lipinski definition) is 1. The van der Waals surface area contributed by atoms with Crippen molar-refractivity contribution in [2.75, 3.05) is 56.6 Å². The average Bonchev–Trinajstić information content (AvgIpc) is 3.08. The van der Waals surface area contributed by atoms with E-state index in [0.717, 1.165) is 50.1 Å². The third-order valence-electron chi connectivity index (χ3n) is 3.96. The lowest BCUT2D eigenvalue weighted by Gasteiger charge is -2.32. The first kappa shape index (κ1) is 13.9. The van der Waals surface area contributed by atoms with Crippen LogP contribution in [0.4, 0.5) is 10.8 Å². The molecule has 0 radical (unpaired) electrons. The Balaban J connectivity index is 1.67. The van der Waals surface area contributed by atoms with Gasteiger partial charge in [0, 0.05) is 32.2 Å². The molecule has 2 aliphatic heterocycles. The van der Waals surface area contributed by atoms with Crippen LogP contribution in [0.3, 0.4) is 0 Å². The Hall–Kier alpha value is -1.05. The molecule has 0 aromatic carbocycles. The minimum atomic E-state index is 0.515. The number of morpholine rings is 1. The fraction of sp³-hybridized carbons (Fsp3) is 0.769. The number of nitrogen functional groups attached to an aromatic ring is 1. The summed E-state index contributed by atoms with van der Waals surface area (Å²) in [5.41, 5.74) is 5.89. The molecule has 2 N–H and O–H groups in total. The van der Waals surface area contributed by atoms with Crippen LogP contribution in [0.15, 0.2) is 0 Å². The second-order valence-electron chi connectivity index (χ2n) is 5.17. The highest BCUT2D eigenvalue weighted by molar-refractivity contribution is 7.11. The zero-order valence-electron chi connectivity index (χ0n) is 11.9. The van der Waals surface area contributed by atoms with Gasteiger partial charge >= 0.3 is 0 Å². The zero-order chi connectivity index (χ0) is 13.9. The van der Waals surface area contributed by atoms with E-state index >= 15 is 0 Å². The topological polar surface area (TPSA) is 63.9 Å². The molecule has 0 spiro atoms. The standard InChI is InChI=1S/C13H22N4O2S/c1-2-19-11-12(14)15-20-13(11)17-4-3-10(9-17)16-5-7-18-8-6-16/h10H,2-9H2,1H3,(H2,14,15). The number of nitrogens with zero attached hydrogens (tertiary/aromatic N) is 3. The molecule has 2 saturated heterocycles. The fourth-order valence-corrected chi connectivity index (χ4v) is 3.73. The summed E-state index contributed by atoms with van der Waals surface area (Å²) in [6.07, 6.45) is 1.18. The molecule has 0 bridgehead atoms. The van der Waals surface area contributed by atoms with Gasteiger partial charge in [-0.2, -0.15) is 4.37 Å². The van der Waals surface area contributed by atoms with Crippen molar-refractivity contribution < 1.29 is 9.47 Å². The number of rotatable bonds is 4. The summed E-state index contributed by atoms with van der Waals surface area (Å²) in [4.78, 5) is 4.90. The Bertz CT molecular complexity index is 448. The molecule has 1 aromatic rings. The first-order chi connectivity index (χ1) is 9.79. The van der Waals surface area contributed by atoms with Crippen molar-refractivity contribution in [2.45, 2.75) is 19.4 Å². The quantitative estimate of drug-likeness (QED) is 0.896. The molecule has 3 rings (SSSR count). The Labute approximate surface area is 123 Å². The van der Waals surface area contributed by atoms with Gasteiger partial charge in [0.1, 0.15) is 0 Å². The number of nitrogens with two attached hydrogens (primary N) is 1. The van der Waals surface area contributed by atoms with Gasteiger partial charge < -0.3 is 20.1 Å². The number of aromatic nitrogens is 1. The van der Waals surface area contributed by atoms with E-state index in [2.05, 4.69) is 14.2 Å². The Morgan fingerprint density at radius 2 is 2.20 bits per heavy atom. The summed E-state index contributed by atoms with van der Waals surface area (Å²) in [7, 11) is 0. The highest BCUT2D eigenvalue weighted by atomic mass is 32.1. The van der Waals surface area contributed by atoms with Crippen LogP contribution in [0.5, 0.6) is 5.75 Å². The molecule has 20 heavy (non-hydrogen) atoms. The van der Waals surface area contributed by atoms with Gasteiger partial charge in [-0.15, -0.1) is 0 Å². The van der Waals surface area contributed by atoms with Gasteiger partial charge in [0.2, 0.25) is 0 Å². The Morgan fingerprint density at radius 1 is 1.40 bits per heavy atom. The first-order valence-electron chi connectivity index (χ1n) is 7.24. The molecule has 112 valence electrons. The molecule has 2 fully saturated rings. The summed E-state index contributed by atoms with van der Waals surface area (Å²) in [5.74, 6) is 1.28. The number of ether oxygens (including phenoxy) is 2. The van der Waals surface area contributed by atoms with Crippen molar-refractivity contribution >= 4 is 22.4 Å². The molecular formula is C13H22N4O2S. The highest BCUT2D eigenvalue weighted by Gasteiger charge is 2.31. The van der Waals surface area contributed by atoms with Gasteiger partial charge in [0.25, 0.3) is 0 Å². The highest BCUT2D eigenvalue weighted by Crippen LogP contribution is 2.40. The second-order valence-corrected chi connectivity index (χ2v) is 5.92. The molecule has 1 unspecified atom stereocenters. The molecule has 0 amide bonds. The van der Waals surface area contributed by atoms with Crippen molar-refractivity contribution in [3.8, 4) is 5.75 Å². The van der Waals surface area contributed by atoms with Crippen molar-refractivity contribution in [1.29, 1.82) is 0 Å². The van der Waals surface area contributed by atoms with E-state index in [0.29, 0.717) is 18.5 Å². The van der Waals surface area contributed by atoms with Crippen LogP contribution in [0, 0.1) is 0 Å². The van der Waals surface area contributed by atoms with Crippen LogP contribution >= 0.6 is 11.5 Å². The van der Waals surface area contributed by atoms with Crippen molar-refractivity contribution in [2.24, 2.45) is 0 Å². The lowest BCUT2D eigenvalue weighted by atomic mass is 10.2. The maximum Gasteiger partial charge on any atom is 0.197 e. The van der Waals surface area contributed by atoms with Gasteiger partial charge in [0.05, 0.1) is 19.8 Å². The normalized spacial score (nSPS) is 24.2. The number of anilines is 2. The molecule has 2 aliphatic rings. The monoisotopic (exact) mass is 298 g/mol. The van der Waals surface area contributed by atoms with E-state index in [9.17, 15) is 0 Å². The van der Waals surface area contributed by atoms with Crippen molar-refractivity contribution in [1.82, 2.24) is 9.27 Å². The van der Waals surface area contributed by atoms with Crippen LogP contribution in [-0.4, -0.2) is 61.3 Å². The summed E-state index contributed by atoms with van der Waals surface area (Å²) in [6, 6.07) is 0.608. The average molecular weight is 298 g/mol. The molecule has 0 aliphatic carbocycles. The van der Waals surface area contributed by atoms with Crippen LogP contribution in [-0.2, 0) is 4.74 Å². The van der Waals surface area contributed by atoms with Crippen molar-refractivity contribution in [3.05, 3.63) is 0 Å². The maximum atomic E-state index is 5.89. The Morgan fingerprint density at radius 3 is 2.95 bits per heavy atom. The summed E-state index contributed by atoms with van der Waals surface area (Å²) in [5, 5.41) is 1.08. The molecule has 1 atom stereocenters.